The van der Waals surface area contributed by atoms with Crippen molar-refractivity contribution in [1.82, 2.24) is 0 Å². The number of thioether (sulfide) groups is 2. The van der Waals surface area contributed by atoms with E-state index in [0.29, 0.717) is 38.9 Å². The van der Waals surface area contributed by atoms with Gasteiger partial charge in [0.2, 0.25) is 0 Å². The molecule has 0 aromatic heterocycles. The van der Waals surface area contributed by atoms with Crippen LogP contribution in [0.15, 0.2) is 12.7 Å². The summed E-state index contributed by atoms with van der Waals surface area (Å²) in [6.45, 7) is 3.55. The predicted octanol–water partition coefficient (Wildman–Crippen LogP) is 1.27. The van der Waals surface area contributed by atoms with E-state index in [-0.39, 0.29) is 11.9 Å². The number of nitrogens with two attached hydrogens (primary N) is 2. The van der Waals surface area contributed by atoms with Gasteiger partial charge in [-0.25, -0.2) is 4.79 Å². The Morgan fingerprint density at radius 3 is 1.56 bits per heavy atom. The summed E-state index contributed by atoms with van der Waals surface area (Å²) < 4.78 is 10.1. The highest BCUT2D eigenvalue weighted by molar-refractivity contribution is 7.98. The van der Waals surface area contributed by atoms with Crippen LogP contribution in [0, 0.1) is 0 Å². The summed E-state index contributed by atoms with van der Waals surface area (Å²) >= 11 is 3.29. The minimum absolute atomic E-state index is 0.294. The molecule has 0 aromatic carbocycles. The van der Waals surface area contributed by atoms with Crippen molar-refractivity contribution in [2.24, 2.45) is 11.5 Å². The van der Waals surface area contributed by atoms with E-state index in [1.165, 1.54) is 0 Å². The van der Waals surface area contributed by atoms with Gasteiger partial charge in [-0.15, -0.1) is 0 Å². The van der Waals surface area contributed by atoms with Crippen LogP contribution in [0.5, 0.6) is 0 Å². The maximum Gasteiger partial charge on any atom is 0.327 e. The Bertz CT molecular complexity index is 408. The van der Waals surface area contributed by atoms with Crippen LogP contribution in [-0.2, 0) is 23.9 Å². The van der Waals surface area contributed by atoms with Gasteiger partial charge >= 0.3 is 17.9 Å². The second-order valence-electron chi connectivity index (χ2n) is 5.36. The second kappa shape index (κ2) is 19.5. The first-order chi connectivity index (χ1) is 12.8. The minimum atomic E-state index is -0.981. The van der Waals surface area contributed by atoms with Crippen LogP contribution in [0.2, 0.25) is 0 Å². The van der Waals surface area contributed by atoms with Gasteiger partial charge in [-0.3, -0.25) is 9.59 Å². The van der Waals surface area contributed by atoms with Crippen molar-refractivity contribution in [2.45, 2.75) is 37.8 Å². The molecule has 0 heterocycles. The second-order valence-corrected chi connectivity index (χ2v) is 7.33. The molecule has 0 radical (unpaired) electrons. The van der Waals surface area contributed by atoms with Crippen LogP contribution in [-0.4, -0.2) is 72.3 Å². The lowest BCUT2D eigenvalue weighted by atomic mass is 10.2. The molecule has 8 nitrogen and oxygen atoms in total. The highest BCUT2D eigenvalue weighted by Crippen LogP contribution is 2.03. The van der Waals surface area contributed by atoms with E-state index in [2.05, 4.69) is 6.58 Å². The summed E-state index contributed by atoms with van der Waals surface area (Å²) in [6.07, 6.45) is 7.26. The molecular weight excluding hydrogens is 392 g/mol. The van der Waals surface area contributed by atoms with E-state index in [4.69, 9.17) is 26.0 Å². The van der Waals surface area contributed by atoms with E-state index in [1.807, 2.05) is 12.5 Å². The number of hydrogen-bond donors (Lipinski definition) is 3. The predicted molar refractivity (Wildman–Crippen MR) is 111 cm³/mol. The molecule has 0 aliphatic heterocycles. The SMILES string of the molecule is C=CC(=O)O.CSCC[C@H](N)C(=O)OCCCCOC(=O)[C@@H](N)CCSC. The first-order valence-corrected chi connectivity index (χ1v) is 11.3. The van der Waals surface area contributed by atoms with Gasteiger partial charge in [-0.2, -0.15) is 23.5 Å². The van der Waals surface area contributed by atoms with Gasteiger partial charge in [0.15, 0.2) is 0 Å². The van der Waals surface area contributed by atoms with E-state index < -0.39 is 18.1 Å². The van der Waals surface area contributed by atoms with Crippen molar-refractivity contribution >= 4 is 41.4 Å². The topological polar surface area (TPSA) is 142 Å². The van der Waals surface area contributed by atoms with E-state index in [0.717, 1.165) is 17.6 Å². The van der Waals surface area contributed by atoms with Crippen molar-refractivity contribution in [2.75, 3.05) is 37.2 Å². The van der Waals surface area contributed by atoms with Gasteiger partial charge in [-0.05, 0) is 49.7 Å². The molecular formula is C17H32N2O6S2. The third-order valence-corrected chi connectivity index (χ3v) is 4.36. The van der Waals surface area contributed by atoms with Crippen LogP contribution in [0.4, 0.5) is 0 Å². The fourth-order valence-electron chi connectivity index (χ4n) is 1.49. The number of carboxylic acid groups (broad SMARTS) is 1. The summed E-state index contributed by atoms with van der Waals surface area (Å²) in [5.41, 5.74) is 11.4. The van der Waals surface area contributed by atoms with Gasteiger partial charge in [0.1, 0.15) is 12.1 Å². The monoisotopic (exact) mass is 424 g/mol. The zero-order valence-electron chi connectivity index (χ0n) is 16.1. The normalized spacial score (nSPS) is 12.1. The molecule has 27 heavy (non-hydrogen) atoms. The molecule has 0 saturated heterocycles. The number of rotatable bonds is 14. The highest BCUT2D eigenvalue weighted by Gasteiger charge is 2.15. The largest absolute Gasteiger partial charge is 0.478 e. The van der Waals surface area contributed by atoms with E-state index in [1.54, 1.807) is 23.5 Å². The molecule has 5 N–H and O–H groups in total. The molecule has 0 aliphatic carbocycles. The smallest absolute Gasteiger partial charge is 0.327 e. The van der Waals surface area contributed by atoms with Gasteiger partial charge in [0, 0.05) is 6.08 Å². The zero-order valence-corrected chi connectivity index (χ0v) is 17.7. The van der Waals surface area contributed by atoms with E-state index in [9.17, 15) is 14.4 Å². The molecule has 0 fully saturated rings. The van der Waals surface area contributed by atoms with Gasteiger partial charge in [0.05, 0.1) is 13.2 Å². The number of ether oxygens (including phenoxy) is 2. The summed E-state index contributed by atoms with van der Waals surface area (Å²) in [5, 5.41) is 7.60. The van der Waals surface area contributed by atoms with Crippen LogP contribution >= 0.6 is 23.5 Å². The Morgan fingerprint density at radius 1 is 0.963 bits per heavy atom. The number of carboxylic acids is 1. The number of esters is 2. The number of aliphatic carboxylic acids is 1. The molecule has 10 heteroatoms. The zero-order chi connectivity index (χ0) is 21.1. The Balaban J connectivity index is 0. The number of carbonyl (C=O) groups excluding carboxylic acids is 2. The first-order valence-electron chi connectivity index (χ1n) is 8.47. The average molecular weight is 425 g/mol. The van der Waals surface area contributed by atoms with Crippen LogP contribution in [0.1, 0.15) is 25.7 Å². The molecule has 0 aliphatic rings. The lowest BCUT2D eigenvalue weighted by molar-refractivity contribution is -0.147. The molecule has 158 valence electrons. The maximum atomic E-state index is 11.5. The maximum absolute atomic E-state index is 11.5. The van der Waals surface area contributed by atoms with Crippen molar-refractivity contribution in [1.29, 1.82) is 0 Å². The lowest BCUT2D eigenvalue weighted by Gasteiger charge is -2.12. The van der Waals surface area contributed by atoms with Crippen molar-refractivity contribution in [3.05, 3.63) is 12.7 Å². The molecule has 0 saturated carbocycles. The van der Waals surface area contributed by atoms with E-state index >= 15 is 0 Å². The number of carbonyl (C=O) groups is 3. The molecule has 0 rings (SSSR count). The number of hydrogen-bond acceptors (Lipinski definition) is 9. The van der Waals surface area contributed by atoms with Gasteiger partial charge in [-0.1, -0.05) is 6.58 Å². The molecule has 0 aromatic rings. The highest BCUT2D eigenvalue weighted by atomic mass is 32.2. The fraction of sp³-hybridized carbons (Fsp3) is 0.706. The number of unbranched alkanes of at least 4 members (excludes halogenated alkanes) is 1. The van der Waals surface area contributed by atoms with Crippen LogP contribution in [0.3, 0.4) is 0 Å². The van der Waals surface area contributed by atoms with Crippen molar-refractivity contribution in [3.8, 4) is 0 Å². The summed E-state index contributed by atoms with van der Waals surface area (Å²) in [5.74, 6) is -0.0493. The Kier molecular flexibility index (Phi) is 20.2. The first kappa shape index (κ1) is 28.0. The summed E-state index contributed by atoms with van der Waals surface area (Å²) in [7, 11) is 0. The third-order valence-electron chi connectivity index (χ3n) is 3.07. The third kappa shape index (κ3) is 19.3. The molecule has 0 unspecified atom stereocenters. The Labute approximate surface area is 169 Å². The molecule has 0 amide bonds. The standard InChI is InChI=1S/C14H28N2O4S2.C3H4O2/c1-21-9-5-11(15)13(17)19-7-3-4-8-20-14(18)12(16)6-10-22-2;1-2-3(4)5/h11-12H,3-10,15-16H2,1-2H3;2H,1H2,(H,4,5)/t11-,12-;/m0./s1. The van der Waals surface area contributed by atoms with Crippen LogP contribution < -0.4 is 11.5 Å². The quantitative estimate of drug-likeness (QED) is 0.212. The Hall–Kier alpha value is -1.23. The molecule has 0 spiro atoms. The van der Waals surface area contributed by atoms with Crippen molar-refractivity contribution in [3.63, 3.8) is 0 Å². The van der Waals surface area contributed by atoms with Crippen molar-refractivity contribution < 1.29 is 29.0 Å². The fourth-order valence-corrected chi connectivity index (χ4v) is 2.47. The summed E-state index contributed by atoms with van der Waals surface area (Å²) in [4.78, 5) is 32.3. The van der Waals surface area contributed by atoms with Gasteiger partial charge in [0.25, 0.3) is 0 Å². The Morgan fingerprint density at radius 2 is 1.30 bits per heavy atom. The van der Waals surface area contributed by atoms with Crippen LogP contribution in [0.25, 0.3) is 0 Å². The summed E-state index contributed by atoms with van der Waals surface area (Å²) in [6, 6.07) is -1.11. The lowest BCUT2D eigenvalue weighted by Crippen LogP contribution is -2.33. The molecule has 0 bridgehead atoms. The minimum Gasteiger partial charge on any atom is -0.478 e. The molecule has 2 atom stereocenters. The van der Waals surface area contributed by atoms with Gasteiger partial charge < -0.3 is 26.0 Å². The average Bonchev–Trinajstić information content (AvgIpc) is 2.66.